The van der Waals surface area contributed by atoms with Gasteiger partial charge in [-0.3, -0.25) is 4.79 Å². The summed E-state index contributed by atoms with van der Waals surface area (Å²) < 4.78 is 11.4. The van der Waals surface area contributed by atoms with Gasteiger partial charge in [0.25, 0.3) is 0 Å². The maximum atomic E-state index is 12.7. The zero-order chi connectivity index (χ0) is 18.0. The summed E-state index contributed by atoms with van der Waals surface area (Å²) in [7, 11) is 3.90. The molecule has 0 spiro atoms. The van der Waals surface area contributed by atoms with Crippen LogP contribution in [0.3, 0.4) is 0 Å². The third-order valence-electron chi connectivity index (χ3n) is 3.93. The van der Waals surface area contributed by atoms with Gasteiger partial charge in [-0.05, 0) is 25.1 Å². The van der Waals surface area contributed by atoms with Crippen LogP contribution in [-0.4, -0.2) is 26.5 Å². The highest BCUT2D eigenvalue weighted by Gasteiger charge is 2.30. The highest BCUT2D eigenvalue weighted by molar-refractivity contribution is 6.15. The van der Waals surface area contributed by atoms with Gasteiger partial charge in [0.1, 0.15) is 18.0 Å². The van der Waals surface area contributed by atoms with Gasteiger partial charge in [-0.25, -0.2) is 0 Å². The maximum absolute atomic E-state index is 12.7. The lowest BCUT2D eigenvalue weighted by Crippen LogP contribution is -3.04. The molecule has 0 saturated carbocycles. The topological polar surface area (TPSA) is 63.0 Å². The highest BCUT2D eigenvalue weighted by Crippen LogP contribution is 2.38. The maximum Gasteiger partial charge on any atom is 0.231 e. The lowest BCUT2D eigenvalue weighted by molar-refractivity contribution is -0.872. The van der Waals surface area contributed by atoms with Gasteiger partial charge in [-0.1, -0.05) is 30.0 Å². The first-order valence-electron chi connectivity index (χ1n) is 8.29. The van der Waals surface area contributed by atoms with Crippen LogP contribution >= 0.6 is 0 Å². The van der Waals surface area contributed by atoms with Crippen LogP contribution in [0.1, 0.15) is 28.4 Å². The van der Waals surface area contributed by atoms with E-state index in [0.717, 1.165) is 10.5 Å². The van der Waals surface area contributed by atoms with Crippen molar-refractivity contribution in [3.63, 3.8) is 0 Å². The fourth-order valence-corrected chi connectivity index (χ4v) is 2.84. The molecule has 1 aliphatic rings. The number of Topliss-reactive ketones (excluding diaryl/α,β-unsaturated/α-hetero) is 1. The average molecular weight is 339 g/mol. The molecule has 1 heterocycles. The van der Waals surface area contributed by atoms with Crippen LogP contribution < -0.4 is 19.5 Å². The number of benzene rings is 2. The second kappa shape index (κ2) is 6.99. The molecule has 2 aromatic rings. The molecule has 0 fully saturated rings. The fraction of sp³-hybridized carbons (Fsp3) is 0.250. The highest BCUT2D eigenvalue weighted by atomic mass is 16.5. The Bertz CT molecular complexity index is 840. The Morgan fingerprint density at radius 3 is 2.68 bits per heavy atom. The van der Waals surface area contributed by atoms with Crippen molar-refractivity contribution in [3.8, 4) is 17.2 Å². The summed E-state index contributed by atoms with van der Waals surface area (Å²) in [4.78, 5) is 13.8. The number of allylic oxidation sites excluding steroid dienone is 1. The molecule has 25 heavy (non-hydrogen) atoms. The van der Waals surface area contributed by atoms with E-state index in [2.05, 4.69) is 0 Å². The Morgan fingerprint density at radius 1 is 1.20 bits per heavy atom. The molecule has 5 heteroatoms. The number of carbonyl (C=O) groups is 1. The molecule has 0 bridgehead atoms. The van der Waals surface area contributed by atoms with Crippen LogP contribution in [-0.2, 0) is 6.54 Å². The lowest BCUT2D eigenvalue weighted by atomic mass is 10.0. The van der Waals surface area contributed by atoms with Crippen LogP contribution in [0.2, 0.25) is 0 Å². The van der Waals surface area contributed by atoms with E-state index in [9.17, 15) is 9.90 Å². The monoisotopic (exact) mass is 339 g/mol. The first-order valence-corrected chi connectivity index (χ1v) is 8.29. The molecule has 2 aromatic carbocycles. The van der Waals surface area contributed by atoms with Gasteiger partial charge in [0, 0.05) is 11.1 Å². The molecule has 0 saturated heterocycles. The van der Waals surface area contributed by atoms with Crippen LogP contribution in [0.25, 0.3) is 6.08 Å². The predicted octanol–water partition coefficient (Wildman–Crippen LogP) is 1.42. The molecule has 0 amide bonds. The zero-order valence-electron chi connectivity index (χ0n) is 14.6. The van der Waals surface area contributed by atoms with E-state index in [1.807, 2.05) is 45.3 Å². The van der Waals surface area contributed by atoms with E-state index >= 15 is 0 Å². The van der Waals surface area contributed by atoms with Gasteiger partial charge in [-0.2, -0.15) is 0 Å². The van der Waals surface area contributed by atoms with Gasteiger partial charge in [0.15, 0.2) is 5.76 Å². The number of carbonyl (C=O) groups excluding carboxylic acids is 1. The molecule has 3 rings (SSSR count). The summed E-state index contributed by atoms with van der Waals surface area (Å²) in [6, 6.07) is 10.4. The number of fused-ring (bicyclic) bond motifs is 1. The molecule has 1 aliphatic heterocycles. The SMILES string of the molecule is CCOc1ccccc1C=C1Oc2c(ccc([O-])c2C[NH+](C)C)C1=O. The normalized spacial score (nSPS) is 14.7. The fourth-order valence-electron chi connectivity index (χ4n) is 2.84. The Kier molecular flexibility index (Phi) is 4.76. The number of ether oxygens (including phenoxy) is 2. The average Bonchev–Trinajstić information content (AvgIpc) is 2.88. The van der Waals surface area contributed by atoms with Crippen molar-refractivity contribution >= 4 is 11.9 Å². The second-order valence-electron chi connectivity index (χ2n) is 6.21. The van der Waals surface area contributed by atoms with Crippen molar-refractivity contribution in [1.29, 1.82) is 0 Å². The molecule has 0 aromatic heterocycles. The molecule has 0 unspecified atom stereocenters. The Balaban J connectivity index is 2.01. The summed E-state index contributed by atoms with van der Waals surface area (Å²) in [6.45, 7) is 2.94. The number of quaternary nitrogens is 1. The summed E-state index contributed by atoms with van der Waals surface area (Å²) in [6.07, 6.45) is 1.67. The van der Waals surface area contributed by atoms with E-state index < -0.39 is 0 Å². The summed E-state index contributed by atoms with van der Waals surface area (Å²) in [5, 5.41) is 12.2. The number of rotatable bonds is 5. The smallest absolute Gasteiger partial charge is 0.231 e. The van der Waals surface area contributed by atoms with Crippen molar-refractivity contribution < 1.29 is 24.3 Å². The van der Waals surface area contributed by atoms with Crippen LogP contribution in [0.15, 0.2) is 42.2 Å². The van der Waals surface area contributed by atoms with Crippen LogP contribution in [0.4, 0.5) is 0 Å². The second-order valence-corrected chi connectivity index (χ2v) is 6.21. The third-order valence-corrected chi connectivity index (χ3v) is 3.93. The van der Waals surface area contributed by atoms with Crippen LogP contribution in [0, 0.1) is 0 Å². The van der Waals surface area contributed by atoms with Crippen LogP contribution in [0.5, 0.6) is 17.2 Å². The van der Waals surface area contributed by atoms with Crippen molar-refractivity contribution in [2.45, 2.75) is 13.5 Å². The Morgan fingerprint density at radius 2 is 1.96 bits per heavy atom. The number of hydrogen-bond acceptors (Lipinski definition) is 4. The van der Waals surface area contributed by atoms with Crippen molar-refractivity contribution in [1.82, 2.24) is 0 Å². The summed E-state index contributed by atoms with van der Waals surface area (Å²) in [5.41, 5.74) is 1.74. The minimum absolute atomic E-state index is 0.108. The van der Waals surface area contributed by atoms with Gasteiger partial charge >= 0.3 is 0 Å². The number of ketones is 1. The molecular formula is C20H21NO4. The van der Waals surface area contributed by atoms with Crippen molar-refractivity contribution in [2.24, 2.45) is 0 Å². The van der Waals surface area contributed by atoms with Crippen molar-refractivity contribution in [3.05, 3.63) is 58.8 Å². The molecule has 0 radical (unpaired) electrons. The van der Waals surface area contributed by atoms with E-state index in [1.54, 1.807) is 12.1 Å². The number of nitrogens with one attached hydrogen (secondary N) is 1. The molecular weight excluding hydrogens is 318 g/mol. The molecule has 5 nitrogen and oxygen atoms in total. The largest absolute Gasteiger partial charge is 0.872 e. The van der Waals surface area contributed by atoms with E-state index in [4.69, 9.17) is 9.47 Å². The van der Waals surface area contributed by atoms with Gasteiger partial charge in [0.2, 0.25) is 5.78 Å². The van der Waals surface area contributed by atoms with E-state index in [1.165, 1.54) is 6.07 Å². The quantitative estimate of drug-likeness (QED) is 0.837. The Hall–Kier alpha value is -2.79. The third kappa shape index (κ3) is 3.37. The minimum atomic E-state index is -0.212. The molecule has 1 N–H and O–H groups in total. The van der Waals surface area contributed by atoms with Gasteiger partial charge in [-0.15, -0.1) is 0 Å². The van der Waals surface area contributed by atoms with Crippen molar-refractivity contribution in [2.75, 3.05) is 20.7 Å². The number of hydrogen-bond donors (Lipinski definition) is 1. The predicted molar refractivity (Wildman–Crippen MR) is 92.9 cm³/mol. The van der Waals surface area contributed by atoms with Gasteiger partial charge < -0.3 is 19.5 Å². The number of para-hydroxylation sites is 1. The molecule has 0 aliphatic carbocycles. The lowest BCUT2D eigenvalue weighted by Gasteiger charge is -2.17. The zero-order valence-corrected chi connectivity index (χ0v) is 14.6. The molecule has 130 valence electrons. The van der Waals surface area contributed by atoms with E-state index in [0.29, 0.717) is 35.8 Å². The van der Waals surface area contributed by atoms with Gasteiger partial charge in [0.05, 0.1) is 26.3 Å². The summed E-state index contributed by atoms with van der Waals surface area (Å²) >= 11 is 0. The minimum Gasteiger partial charge on any atom is -0.872 e. The first kappa shape index (κ1) is 17.0. The van der Waals surface area contributed by atoms with E-state index in [-0.39, 0.29) is 17.3 Å². The summed E-state index contributed by atoms with van der Waals surface area (Å²) in [5.74, 6) is 0.967. The first-order chi connectivity index (χ1) is 12.0. The Labute approximate surface area is 147 Å². The molecule has 0 atom stereocenters. The standard InChI is InChI=1S/C20H21NO4/c1-4-24-17-8-6-5-7-13(17)11-18-19(23)14-9-10-16(22)15(12-21(2)3)20(14)25-18/h5-11,22H,4,12H2,1-3H3.